The molecule has 0 aliphatic heterocycles. The van der Waals surface area contributed by atoms with Crippen molar-refractivity contribution in [1.29, 1.82) is 0 Å². The Hall–Kier alpha value is -2.49. The van der Waals surface area contributed by atoms with Crippen LogP contribution in [0.15, 0.2) is 48.7 Å². The molecular formula is C17H18N2O2. The summed E-state index contributed by atoms with van der Waals surface area (Å²) in [6.45, 7) is 5.23. The minimum Gasteiger partial charge on any atom is -0.340 e. The Morgan fingerprint density at radius 3 is 2.33 bits per heavy atom. The lowest BCUT2D eigenvalue weighted by atomic mass is 9.93. The number of pyridine rings is 1. The van der Waals surface area contributed by atoms with E-state index in [1.807, 2.05) is 13.0 Å². The van der Waals surface area contributed by atoms with Crippen LogP contribution in [0.5, 0.6) is 0 Å². The summed E-state index contributed by atoms with van der Waals surface area (Å²) >= 11 is 0. The average Bonchev–Trinajstić information content (AvgIpc) is 2.47. The first-order chi connectivity index (χ1) is 9.90. The van der Waals surface area contributed by atoms with Crippen LogP contribution >= 0.6 is 0 Å². The van der Waals surface area contributed by atoms with Crippen LogP contribution in [-0.4, -0.2) is 22.2 Å². The van der Waals surface area contributed by atoms with Crippen molar-refractivity contribution in [2.45, 2.75) is 26.3 Å². The molecule has 0 bridgehead atoms. The van der Waals surface area contributed by atoms with Gasteiger partial charge in [0.15, 0.2) is 5.78 Å². The Balaban J connectivity index is 2.18. The minimum absolute atomic E-state index is 0.141. The highest BCUT2D eigenvalue weighted by molar-refractivity contribution is 6.06. The molecule has 1 N–H and O–H groups in total. The molecule has 0 fully saturated rings. The van der Waals surface area contributed by atoms with Gasteiger partial charge in [-0.05, 0) is 45.0 Å². The Labute approximate surface area is 124 Å². The Morgan fingerprint density at radius 1 is 1.05 bits per heavy atom. The van der Waals surface area contributed by atoms with E-state index >= 15 is 0 Å². The number of carbonyl (C=O) groups excluding carboxylic acids is 2. The van der Waals surface area contributed by atoms with E-state index in [4.69, 9.17) is 0 Å². The van der Waals surface area contributed by atoms with E-state index in [2.05, 4.69) is 10.3 Å². The number of benzene rings is 1. The number of aryl methyl sites for hydroxylation is 1. The molecule has 0 spiro atoms. The van der Waals surface area contributed by atoms with E-state index in [0.29, 0.717) is 11.1 Å². The van der Waals surface area contributed by atoms with Crippen molar-refractivity contribution < 1.29 is 9.59 Å². The molecule has 0 aliphatic rings. The molecule has 0 saturated heterocycles. The molecular weight excluding hydrogens is 264 g/mol. The highest BCUT2D eigenvalue weighted by Crippen LogP contribution is 2.14. The lowest BCUT2D eigenvalue weighted by molar-refractivity contribution is 0.0798. The number of aromatic nitrogens is 1. The highest BCUT2D eigenvalue weighted by atomic mass is 16.2. The van der Waals surface area contributed by atoms with Gasteiger partial charge in [-0.25, -0.2) is 0 Å². The molecule has 2 rings (SSSR count). The molecule has 1 amide bonds. The molecule has 0 saturated carbocycles. The van der Waals surface area contributed by atoms with Gasteiger partial charge in [0, 0.05) is 23.0 Å². The first kappa shape index (κ1) is 14.9. The van der Waals surface area contributed by atoms with Gasteiger partial charge in [0.05, 0.1) is 5.54 Å². The van der Waals surface area contributed by atoms with Crippen molar-refractivity contribution in [2.24, 2.45) is 0 Å². The van der Waals surface area contributed by atoms with E-state index in [9.17, 15) is 9.59 Å². The molecule has 4 heteroatoms. The van der Waals surface area contributed by atoms with Gasteiger partial charge >= 0.3 is 0 Å². The maximum absolute atomic E-state index is 12.5. The summed E-state index contributed by atoms with van der Waals surface area (Å²) in [5, 5.41) is 2.78. The smallest absolute Gasteiger partial charge is 0.252 e. The highest BCUT2D eigenvalue weighted by Gasteiger charge is 2.30. The number of ketones is 1. The van der Waals surface area contributed by atoms with E-state index < -0.39 is 5.54 Å². The number of nitrogens with zero attached hydrogens (tertiary/aromatic N) is 1. The number of hydrogen-bond acceptors (Lipinski definition) is 3. The lowest BCUT2D eigenvalue weighted by Gasteiger charge is -2.25. The predicted molar refractivity (Wildman–Crippen MR) is 81.3 cm³/mol. The summed E-state index contributed by atoms with van der Waals surface area (Å²) in [6.07, 6.45) is 1.59. The second-order valence-corrected chi connectivity index (χ2v) is 5.46. The Kier molecular flexibility index (Phi) is 4.17. The fraction of sp³-hybridized carbons (Fsp3) is 0.235. The molecule has 0 atom stereocenters. The second kappa shape index (κ2) is 5.87. The molecule has 1 aromatic heterocycles. The standard InChI is InChI=1S/C17H18N2O2/c1-12-11-14(9-10-18-12)15(20)17(2,3)19-16(21)13-7-5-4-6-8-13/h4-11H,1-3H3,(H,19,21). The third-order valence-corrected chi connectivity index (χ3v) is 3.19. The fourth-order valence-electron chi connectivity index (χ4n) is 2.05. The van der Waals surface area contributed by atoms with Gasteiger partial charge in [-0.15, -0.1) is 0 Å². The predicted octanol–water partition coefficient (Wildman–Crippen LogP) is 2.78. The van der Waals surface area contributed by atoms with Gasteiger partial charge in [-0.1, -0.05) is 18.2 Å². The molecule has 2 aromatic rings. The number of amides is 1. The molecule has 4 nitrogen and oxygen atoms in total. The summed E-state index contributed by atoms with van der Waals surface area (Å²) in [7, 11) is 0. The molecule has 108 valence electrons. The van der Waals surface area contributed by atoms with Crippen molar-refractivity contribution in [1.82, 2.24) is 10.3 Å². The quantitative estimate of drug-likeness (QED) is 0.877. The van der Waals surface area contributed by atoms with Crippen molar-refractivity contribution in [3.63, 3.8) is 0 Å². The number of Topliss-reactive ketones (excluding diaryl/α,β-unsaturated/α-hetero) is 1. The zero-order chi connectivity index (χ0) is 15.5. The molecule has 0 unspecified atom stereocenters. The van der Waals surface area contributed by atoms with E-state index in [1.165, 1.54) is 0 Å². The van der Waals surface area contributed by atoms with Crippen molar-refractivity contribution >= 4 is 11.7 Å². The largest absolute Gasteiger partial charge is 0.340 e. The summed E-state index contributed by atoms with van der Waals surface area (Å²) in [5.74, 6) is -0.406. The third kappa shape index (κ3) is 3.54. The first-order valence-corrected chi connectivity index (χ1v) is 6.75. The van der Waals surface area contributed by atoms with Crippen molar-refractivity contribution in [3.05, 3.63) is 65.5 Å². The molecule has 21 heavy (non-hydrogen) atoms. The van der Waals surface area contributed by atoms with E-state index in [0.717, 1.165) is 5.69 Å². The fourth-order valence-corrected chi connectivity index (χ4v) is 2.05. The van der Waals surface area contributed by atoms with Gasteiger partial charge in [-0.2, -0.15) is 0 Å². The van der Waals surface area contributed by atoms with Crippen LogP contribution in [0.25, 0.3) is 0 Å². The maximum atomic E-state index is 12.5. The molecule has 0 aliphatic carbocycles. The van der Waals surface area contributed by atoms with Crippen LogP contribution in [0.2, 0.25) is 0 Å². The second-order valence-electron chi connectivity index (χ2n) is 5.46. The van der Waals surface area contributed by atoms with Crippen LogP contribution in [0.1, 0.15) is 40.3 Å². The van der Waals surface area contributed by atoms with Gasteiger partial charge in [0.2, 0.25) is 0 Å². The van der Waals surface area contributed by atoms with Crippen molar-refractivity contribution in [2.75, 3.05) is 0 Å². The number of hydrogen-bond donors (Lipinski definition) is 1. The minimum atomic E-state index is -0.985. The summed E-state index contributed by atoms with van der Waals surface area (Å²) in [5.41, 5.74) is 0.858. The summed E-state index contributed by atoms with van der Waals surface area (Å²) < 4.78 is 0. The normalized spacial score (nSPS) is 11.0. The van der Waals surface area contributed by atoms with Crippen LogP contribution in [0.4, 0.5) is 0 Å². The van der Waals surface area contributed by atoms with Gasteiger partial charge in [0.25, 0.3) is 5.91 Å². The number of rotatable bonds is 4. The monoisotopic (exact) mass is 282 g/mol. The van der Waals surface area contributed by atoms with Gasteiger partial charge in [-0.3, -0.25) is 14.6 Å². The van der Waals surface area contributed by atoms with E-state index in [-0.39, 0.29) is 11.7 Å². The topological polar surface area (TPSA) is 59.1 Å². The van der Waals surface area contributed by atoms with E-state index in [1.54, 1.807) is 56.4 Å². The SMILES string of the molecule is Cc1cc(C(=O)C(C)(C)NC(=O)c2ccccc2)ccn1. The molecule has 1 heterocycles. The zero-order valence-corrected chi connectivity index (χ0v) is 12.4. The molecule has 0 radical (unpaired) electrons. The first-order valence-electron chi connectivity index (χ1n) is 6.75. The Bertz CT molecular complexity index is 664. The number of nitrogens with one attached hydrogen (secondary N) is 1. The summed E-state index contributed by atoms with van der Waals surface area (Å²) in [6, 6.07) is 12.2. The summed E-state index contributed by atoms with van der Waals surface area (Å²) in [4.78, 5) is 28.8. The number of carbonyl (C=O) groups is 2. The maximum Gasteiger partial charge on any atom is 0.252 e. The molecule has 1 aromatic carbocycles. The van der Waals surface area contributed by atoms with Crippen molar-refractivity contribution in [3.8, 4) is 0 Å². The van der Waals surface area contributed by atoms with Crippen LogP contribution in [0, 0.1) is 6.92 Å². The van der Waals surface area contributed by atoms with Crippen LogP contribution in [0.3, 0.4) is 0 Å². The third-order valence-electron chi connectivity index (χ3n) is 3.19. The van der Waals surface area contributed by atoms with Crippen LogP contribution in [-0.2, 0) is 0 Å². The Morgan fingerprint density at radius 2 is 1.71 bits per heavy atom. The van der Waals surface area contributed by atoms with Gasteiger partial charge < -0.3 is 5.32 Å². The van der Waals surface area contributed by atoms with Gasteiger partial charge in [0.1, 0.15) is 0 Å². The average molecular weight is 282 g/mol. The van der Waals surface area contributed by atoms with Crippen LogP contribution < -0.4 is 5.32 Å². The lowest BCUT2D eigenvalue weighted by Crippen LogP contribution is -2.49. The zero-order valence-electron chi connectivity index (χ0n) is 12.4.